The van der Waals surface area contributed by atoms with Crippen molar-refractivity contribution >= 4 is 0 Å². The highest BCUT2D eigenvalue weighted by Gasteiger charge is 2.24. The summed E-state index contributed by atoms with van der Waals surface area (Å²) in [5, 5.41) is 13.4. The summed E-state index contributed by atoms with van der Waals surface area (Å²) in [4.78, 5) is 2.49. The number of rotatable bonds is 5. The third kappa shape index (κ3) is 5.83. The number of nitrogens with zero attached hydrogens (tertiary/aromatic N) is 1. The Bertz CT molecular complexity index is 192. The van der Waals surface area contributed by atoms with E-state index in [0.29, 0.717) is 6.04 Å². The average molecular weight is 228 g/mol. The van der Waals surface area contributed by atoms with E-state index in [1.807, 2.05) is 6.92 Å². The summed E-state index contributed by atoms with van der Waals surface area (Å²) in [6, 6.07) is 0.588. The molecule has 0 saturated carbocycles. The fourth-order valence-electron chi connectivity index (χ4n) is 2.24. The van der Waals surface area contributed by atoms with Gasteiger partial charge in [-0.05, 0) is 52.2 Å². The van der Waals surface area contributed by atoms with Gasteiger partial charge >= 0.3 is 0 Å². The number of aliphatic hydroxyl groups is 1. The molecule has 3 nitrogen and oxygen atoms in total. The highest BCUT2D eigenvalue weighted by molar-refractivity contribution is 4.79. The summed E-state index contributed by atoms with van der Waals surface area (Å²) in [6.07, 6.45) is 4.21. The van der Waals surface area contributed by atoms with Crippen molar-refractivity contribution in [2.45, 2.75) is 58.1 Å². The maximum absolute atomic E-state index is 9.98. The second-order valence-electron chi connectivity index (χ2n) is 5.65. The Kier molecular flexibility index (Phi) is 5.73. The number of likely N-dealkylation sites (tertiary alicyclic amines) is 1. The molecule has 0 radical (unpaired) electrons. The van der Waals surface area contributed by atoms with E-state index < -0.39 is 5.60 Å². The van der Waals surface area contributed by atoms with Gasteiger partial charge in [0.2, 0.25) is 0 Å². The Balaban J connectivity index is 2.13. The summed E-state index contributed by atoms with van der Waals surface area (Å²) in [7, 11) is 0. The monoisotopic (exact) mass is 228 g/mol. The topological polar surface area (TPSA) is 35.5 Å². The summed E-state index contributed by atoms with van der Waals surface area (Å²) in [6.45, 7) is 10.8. The minimum atomic E-state index is -0.426. The molecule has 1 rings (SSSR count). The summed E-state index contributed by atoms with van der Waals surface area (Å²) < 4.78 is 0. The third-order valence-corrected chi connectivity index (χ3v) is 3.36. The third-order valence-electron chi connectivity index (χ3n) is 3.36. The van der Waals surface area contributed by atoms with E-state index in [1.54, 1.807) is 0 Å². The Morgan fingerprint density at radius 1 is 1.31 bits per heavy atom. The molecular formula is C13H28N2O. The van der Waals surface area contributed by atoms with E-state index in [0.717, 1.165) is 45.4 Å². The van der Waals surface area contributed by atoms with Crippen molar-refractivity contribution < 1.29 is 5.11 Å². The van der Waals surface area contributed by atoms with E-state index in [9.17, 15) is 5.11 Å². The first-order valence-corrected chi connectivity index (χ1v) is 6.68. The predicted molar refractivity (Wildman–Crippen MR) is 68.7 cm³/mol. The van der Waals surface area contributed by atoms with E-state index in [-0.39, 0.29) is 0 Å². The minimum absolute atomic E-state index is 0.426. The van der Waals surface area contributed by atoms with Crippen molar-refractivity contribution in [2.24, 2.45) is 0 Å². The molecule has 1 unspecified atom stereocenters. The van der Waals surface area contributed by atoms with Gasteiger partial charge < -0.3 is 15.3 Å². The highest BCUT2D eigenvalue weighted by atomic mass is 16.3. The van der Waals surface area contributed by atoms with Crippen LogP contribution in [0.1, 0.15) is 46.5 Å². The maximum atomic E-state index is 9.98. The number of hydrogen-bond acceptors (Lipinski definition) is 3. The smallest absolute Gasteiger partial charge is 0.0632 e. The van der Waals surface area contributed by atoms with Crippen LogP contribution in [-0.4, -0.2) is 47.8 Å². The molecule has 1 aliphatic rings. The Labute approximate surface area is 100 Å². The van der Waals surface area contributed by atoms with Gasteiger partial charge in [-0.25, -0.2) is 0 Å². The minimum Gasteiger partial charge on any atom is -0.390 e. The van der Waals surface area contributed by atoms with Gasteiger partial charge in [-0.15, -0.1) is 0 Å². The largest absolute Gasteiger partial charge is 0.390 e. The SMILES string of the molecule is CC(C)NCCCN1CCCC(C)(O)CC1. The molecular weight excluding hydrogens is 200 g/mol. The van der Waals surface area contributed by atoms with E-state index in [1.165, 1.54) is 6.42 Å². The van der Waals surface area contributed by atoms with Crippen LogP contribution in [0.5, 0.6) is 0 Å². The molecule has 1 fully saturated rings. The average Bonchev–Trinajstić information content (AvgIpc) is 2.34. The van der Waals surface area contributed by atoms with Crippen molar-refractivity contribution in [1.29, 1.82) is 0 Å². The standard InChI is InChI=1S/C13H28N2O/c1-12(2)14-8-5-10-15-9-4-6-13(3,16)7-11-15/h12,14,16H,4-11H2,1-3H3. The Morgan fingerprint density at radius 2 is 2.06 bits per heavy atom. The van der Waals surface area contributed by atoms with E-state index in [4.69, 9.17) is 0 Å². The Hall–Kier alpha value is -0.120. The van der Waals surface area contributed by atoms with Crippen molar-refractivity contribution in [3.8, 4) is 0 Å². The van der Waals surface area contributed by atoms with Gasteiger partial charge in [-0.1, -0.05) is 13.8 Å². The van der Waals surface area contributed by atoms with Crippen LogP contribution in [0.25, 0.3) is 0 Å². The zero-order valence-electron chi connectivity index (χ0n) is 11.1. The molecule has 96 valence electrons. The first-order valence-electron chi connectivity index (χ1n) is 6.68. The fourth-order valence-corrected chi connectivity index (χ4v) is 2.24. The second-order valence-corrected chi connectivity index (χ2v) is 5.65. The summed E-state index contributed by atoms with van der Waals surface area (Å²) >= 11 is 0. The van der Waals surface area contributed by atoms with Crippen molar-refractivity contribution in [3.05, 3.63) is 0 Å². The van der Waals surface area contributed by atoms with Crippen LogP contribution in [0.4, 0.5) is 0 Å². The van der Waals surface area contributed by atoms with Crippen molar-refractivity contribution in [3.63, 3.8) is 0 Å². The van der Waals surface area contributed by atoms with Gasteiger partial charge in [-0.3, -0.25) is 0 Å². The van der Waals surface area contributed by atoms with Gasteiger partial charge in [0.15, 0.2) is 0 Å². The first-order chi connectivity index (χ1) is 7.49. The molecule has 0 bridgehead atoms. The lowest BCUT2D eigenvalue weighted by Crippen LogP contribution is -2.31. The van der Waals surface area contributed by atoms with Crippen LogP contribution < -0.4 is 5.32 Å². The van der Waals surface area contributed by atoms with Gasteiger partial charge in [0.05, 0.1) is 5.60 Å². The maximum Gasteiger partial charge on any atom is 0.0632 e. The zero-order valence-corrected chi connectivity index (χ0v) is 11.1. The molecule has 3 heteroatoms. The lowest BCUT2D eigenvalue weighted by Gasteiger charge is -2.22. The molecule has 1 aliphatic heterocycles. The fraction of sp³-hybridized carbons (Fsp3) is 1.00. The molecule has 0 spiro atoms. The quantitative estimate of drug-likeness (QED) is 0.702. The molecule has 1 heterocycles. The van der Waals surface area contributed by atoms with Gasteiger partial charge in [0.25, 0.3) is 0 Å². The van der Waals surface area contributed by atoms with Gasteiger partial charge in [-0.2, -0.15) is 0 Å². The van der Waals surface area contributed by atoms with Gasteiger partial charge in [0, 0.05) is 12.6 Å². The molecule has 0 aliphatic carbocycles. The van der Waals surface area contributed by atoms with Crippen LogP contribution in [0.15, 0.2) is 0 Å². The predicted octanol–water partition coefficient (Wildman–Crippen LogP) is 1.61. The summed E-state index contributed by atoms with van der Waals surface area (Å²) in [5.41, 5.74) is -0.426. The van der Waals surface area contributed by atoms with Crippen LogP contribution >= 0.6 is 0 Å². The van der Waals surface area contributed by atoms with Crippen LogP contribution in [-0.2, 0) is 0 Å². The molecule has 1 saturated heterocycles. The molecule has 0 aromatic rings. The van der Waals surface area contributed by atoms with Gasteiger partial charge in [0.1, 0.15) is 0 Å². The molecule has 0 aromatic carbocycles. The van der Waals surface area contributed by atoms with Crippen LogP contribution in [0.3, 0.4) is 0 Å². The first kappa shape index (κ1) is 13.9. The molecule has 16 heavy (non-hydrogen) atoms. The van der Waals surface area contributed by atoms with Crippen molar-refractivity contribution in [2.75, 3.05) is 26.2 Å². The highest BCUT2D eigenvalue weighted by Crippen LogP contribution is 2.21. The number of hydrogen-bond donors (Lipinski definition) is 2. The lowest BCUT2D eigenvalue weighted by molar-refractivity contribution is 0.0446. The second kappa shape index (κ2) is 6.58. The van der Waals surface area contributed by atoms with Crippen LogP contribution in [0, 0.1) is 0 Å². The molecule has 1 atom stereocenters. The molecule has 0 aromatic heterocycles. The van der Waals surface area contributed by atoms with E-state index >= 15 is 0 Å². The zero-order chi connectivity index (χ0) is 12.0. The Morgan fingerprint density at radius 3 is 2.75 bits per heavy atom. The summed E-state index contributed by atoms with van der Waals surface area (Å²) in [5.74, 6) is 0. The molecule has 0 amide bonds. The lowest BCUT2D eigenvalue weighted by atomic mass is 9.98. The normalized spacial score (nSPS) is 28.3. The molecule has 2 N–H and O–H groups in total. The van der Waals surface area contributed by atoms with Crippen LogP contribution in [0.2, 0.25) is 0 Å². The van der Waals surface area contributed by atoms with E-state index in [2.05, 4.69) is 24.1 Å². The number of nitrogens with one attached hydrogen (secondary N) is 1. The van der Waals surface area contributed by atoms with Crippen molar-refractivity contribution in [1.82, 2.24) is 10.2 Å².